The molecule has 4 heteroatoms. The van der Waals surface area contributed by atoms with Crippen LogP contribution < -0.4 is 4.74 Å². The second-order valence-electron chi connectivity index (χ2n) is 6.49. The number of thiazole rings is 1. The Kier molecular flexibility index (Phi) is 4.18. The fourth-order valence-corrected chi connectivity index (χ4v) is 4.63. The van der Waals surface area contributed by atoms with Crippen molar-refractivity contribution in [2.45, 2.75) is 0 Å². The minimum Gasteiger partial charge on any atom is -0.496 e. The van der Waals surface area contributed by atoms with Crippen LogP contribution in [0.15, 0.2) is 91.1 Å². The summed E-state index contributed by atoms with van der Waals surface area (Å²) in [6.07, 6.45) is 2.13. The summed E-state index contributed by atoms with van der Waals surface area (Å²) >= 11 is 1.69. The van der Waals surface area contributed by atoms with Gasteiger partial charge in [0.2, 0.25) is 0 Å². The van der Waals surface area contributed by atoms with Crippen molar-refractivity contribution >= 4 is 16.3 Å². The first-order chi connectivity index (χ1) is 13.8. The predicted molar refractivity (Wildman–Crippen MR) is 116 cm³/mol. The number of hydrogen-bond donors (Lipinski definition) is 0. The van der Waals surface area contributed by atoms with Crippen LogP contribution in [-0.2, 0) is 0 Å². The number of benzene rings is 3. The van der Waals surface area contributed by atoms with E-state index < -0.39 is 0 Å². The Morgan fingerprint density at radius 3 is 2.14 bits per heavy atom. The molecule has 0 aliphatic carbocycles. The molecule has 28 heavy (non-hydrogen) atoms. The molecule has 0 aliphatic rings. The zero-order chi connectivity index (χ0) is 18.9. The lowest BCUT2D eigenvalue weighted by Crippen LogP contribution is -1.90. The van der Waals surface area contributed by atoms with Gasteiger partial charge in [-0.1, -0.05) is 84.1 Å². The van der Waals surface area contributed by atoms with Gasteiger partial charge in [-0.2, -0.15) is 0 Å². The Hall–Kier alpha value is -3.37. The van der Waals surface area contributed by atoms with E-state index >= 15 is 0 Å². The van der Waals surface area contributed by atoms with Crippen molar-refractivity contribution in [1.29, 1.82) is 0 Å². The summed E-state index contributed by atoms with van der Waals surface area (Å²) in [5, 5.41) is 0. The third-order valence-corrected chi connectivity index (χ3v) is 5.88. The van der Waals surface area contributed by atoms with Gasteiger partial charge < -0.3 is 4.74 Å². The van der Waals surface area contributed by atoms with Gasteiger partial charge in [0.05, 0.1) is 23.4 Å². The molecule has 0 unspecified atom stereocenters. The number of nitrogens with zero attached hydrogens (tertiary/aromatic N) is 2. The highest BCUT2D eigenvalue weighted by atomic mass is 32.1. The summed E-state index contributed by atoms with van der Waals surface area (Å²) in [7, 11) is 1.72. The first kappa shape index (κ1) is 16.8. The van der Waals surface area contributed by atoms with Gasteiger partial charge in [-0.25, -0.2) is 4.98 Å². The lowest BCUT2D eigenvalue weighted by Gasteiger charge is -2.09. The molecular formula is C24H18N2OS. The van der Waals surface area contributed by atoms with Crippen molar-refractivity contribution in [3.05, 3.63) is 91.1 Å². The number of rotatable bonds is 4. The monoisotopic (exact) mass is 382 g/mol. The fraction of sp³-hybridized carbons (Fsp3) is 0.0417. The second-order valence-corrected chi connectivity index (χ2v) is 7.47. The number of para-hydroxylation sites is 1. The normalized spacial score (nSPS) is 11.0. The number of ether oxygens (including phenoxy) is 1. The number of methoxy groups -OCH3 is 1. The average Bonchev–Trinajstić information content (AvgIpc) is 3.33. The summed E-state index contributed by atoms with van der Waals surface area (Å²) < 4.78 is 7.83. The van der Waals surface area contributed by atoms with Gasteiger partial charge in [0, 0.05) is 22.9 Å². The van der Waals surface area contributed by atoms with E-state index in [1.165, 1.54) is 0 Å². The van der Waals surface area contributed by atoms with Crippen molar-refractivity contribution in [3.63, 3.8) is 0 Å². The zero-order valence-corrected chi connectivity index (χ0v) is 16.2. The first-order valence-corrected chi connectivity index (χ1v) is 9.93. The zero-order valence-electron chi connectivity index (χ0n) is 15.4. The minimum atomic E-state index is 0.868. The van der Waals surface area contributed by atoms with E-state index in [1.54, 1.807) is 18.4 Å². The van der Waals surface area contributed by atoms with Gasteiger partial charge in [-0.3, -0.25) is 4.40 Å². The molecule has 0 spiro atoms. The lowest BCUT2D eigenvalue weighted by molar-refractivity contribution is 0.416. The van der Waals surface area contributed by atoms with Crippen LogP contribution in [0.25, 0.3) is 37.9 Å². The van der Waals surface area contributed by atoms with E-state index in [0.29, 0.717) is 0 Å². The van der Waals surface area contributed by atoms with Crippen molar-refractivity contribution in [3.8, 4) is 38.7 Å². The molecule has 3 aromatic carbocycles. The Morgan fingerprint density at radius 2 is 1.43 bits per heavy atom. The quantitative estimate of drug-likeness (QED) is 0.359. The largest absolute Gasteiger partial charge is 0.496 e. The highest BCUT2D eigenvalue weighted by molar-refractivity contribution is 7.21. The third kappa shape index (κ3) is 2.79. The number of fused-ring (bicyclic) bond motifs is 1. The van der Waals surface area contributed by atoms with Gasteiger partial charge in [0.25, 0.3) is 0 Å². The molecule has 5 aromatic rings. The Balaban J connectivity index is 1.78. The van der Waals surface area contributed by atoms with Crippen molar-refractivity contribution < 1.29 is 4.74 Å². The van der Waals surface area contributed by atoms with Gasteiger partial charge >= 0.3 is 0 Å². The molecule has 0 saturated heterocycles. The smallest absolute Gasteiger partial charge is 0.195 e. The molecule has 0 saturated carbocycles. The summed E-state index contributed by atoms with van der Waals surface area (Å²) in [5.74, 6) is 0.868. The molecule has 0 amide bonds. The van der Waals surface area contributed by atoms with E-state index in [0.717, 1.165) is 43.7 Å². The molecule has 2 heterocycles. The summed E-state index contributed by atoms with van der Waals surface area (Å²) in [6.45, 7) is 0. The molecule has 0 aliphatic heterocycles. The van der Waals surface area contributed by atoms with Crippen LogP contribution in [0.4, 0.5) is 0 Å². The third-order valence-electron chi connectivity index (χ3n) is 4.79. The molecule has 0 radical (unpaired) electrons. The van der Waals surface area contributed by atoms with Gasteiger partial charge in [0.1, 0.15) is 5.75 Å². The maximum atomic E-state index is 5.63. The Bertz CT molecular complexity index is 1240. The number of hydrogen-bond acceptors (Lipinski definition) is 3. The molecule has 3 nitrogen and oxygen atoms in total. The Labute approximate surface area is 167 Å². The van der Waals surface area contributed by atoms with E-state index in [4.69, 9.17) is 9.72 Å². The highest BCUT2D eigenvalue weighted by Crippen LogP contribution is 2.43. The predicted octanol–water partition coefficient (Wildman–Crippen LogP) is 6.41. The van der Waals surface area contributed by atoms with Gasteiger partial charge in [0.15, 0.2) is 4.96 Å². The van der Waals surface area contributed by atoms with E-state index in [9.17, 15) is 0 Å². The molecular weight excluding hydrogens is 364 g/mol. The number of imidazole rings is 1. The molecule has 0 N–H and O–H groups in total. The van der Waals surface area contributed by atoms with Crippen molar-refractivity contribution in [1.82, 2.24) is 9.38 Å². The highest BCUT2D eigenvalue weighted by Gasteiger charge is 2.20. The van der Waals surface area contributed by atoms with Crippen LogP contribution in [0.1, 0.15) is 0 Å². The van der Waals surface area contributed by atoms with Crippen LogP contribution in [0.5, 0.6) is 5.75 Å². The van der Waals surface area contributed by atoms with Crippen LogP contribution in [0.2, 0.25) is 0 Å². The van der Waals surface area contributed by atoms with Gasteiger partial charge in [-0.05, 0) is 12.1 Å². The van der Waals surface area contributed by atoms with Crippen molar-refractivity contribution in [2.24, 2.45) is 0 Å². The molecule has 2 aromatic heterocycles. The van der Waals surface area contributed by atoms with E-state index in [2.05, 4.69) is 53.1 Å². The molecule has 0 fully saturated rings. The summed E-state index contributed by atoms with van der Waals surface area (Å²) in [5.41, 5.74) is 5.49. The fourth-order valence-electron chi connectivity index (χ4n) is 3.47. The number of aromatic nitrogens is 2. The summed E-state index contributed by atoms with van der Waals surface area (Å²) in [4.78, 5) is 7.04. The van der Waals surface area contributed by atoms with E-state index in [1.807, 2.05) is 42.5 Å². The standard InChI is InChI=1S/C24H18N2OS/c1-27-21-15-9-8-14-19(21)23-22(18-12-6-3-7-13-18)26-16-20(25-24(26)28-23)17-10-4-2-5-11-17/h2-16H,1H3. The van der Waals surface area contributed by atoms with E-state index in [-0.39, 0.29) is 0 Å². The van der Waals surface area contributed by atoms with Crippen molar-refractivity contribution in [2.75, 3.05) is 7.11 Å². The minimum absolute atomic E-state index is 0.868. The van der Waals surface area contributed by atoms with Crippen LogP contribution in [0, 0.1) is 0 Å². The maximum Gasteiger partial charge on any atom is 0.195 e. The SMILES string of the molecule is COc1ccccc1-c1sc2nc(-c3ccccc3)cn2c1-c1ccccc1. The summed E-state index contributed by atoms with van der Waals surface area (Å²) in [6, 6.07) is 28.9. The maximum absolute atomic E-state index is 5.63. The molecule has 0 bridgehead atoms. The average molecular weight is 382 g/mol. The molecule has 0 atom stereocenters. The molecule has 5 rings (SSSR count). The van der Waals surface area contributed by atoms with Crippen LogP contribution in [-0.4, -0.2) is 16.5 Å². The Morgan fingerprint density at radius 1 is 0.786 bits per heavy atom. The topological polar surface area (TPSA) is 26.5 Å². The first-order valence-electron chi connectivity index (χ1n) is 9.11. The second kappa shape index (κ2) is 6.98. The van der Waals surface area contributed by atoms with Crippen LogP contribution in [0.3, 0.4) is 0 Å². The molecule has 136 valence electrons. The van der Waals surface area contributed by atoms with Gasteiger partial charge in [-0.15, -0.1) is 0 Å². The lowest BCUT2D eigenvalue weighted by atomic mass is 10.1. The van der Waals surface area contributed by atoms with Crippen LogP contribution >= 0.6 is 11.3 Å².